The van der Waals surface area contributed by atoms with Crippen molar-refractivity contribution in [1.29, 1.82) is 0 Å². The molecule has 0 bridgehead atoms. The molecule has 5 heteroatoms. The maximum atomic E-state index is 11.7. The van der Waals surface area contributed by atoms with Gasteiger partial charge in [0.1, 0.15) is 5.52 Å². The quantitative estimate of drug-likeness (QED) is 0.868. The minimum absolute atomic E-state index is 0.0768. The molecule has 0 saturated heterocycles. The molecule has 1 aromatic heterocycles. The van der Waals surface area contributed by atoms with Crippen LogP contribution in [0.5, 0.6) is 0 Å². The number of rotatable bonds is 3. The predicted octanol–water partition coefficient (Wildman–Crippen LogP) is 3.79. The Balaban J connectivity index is 2.49. The molecule has 4 nitrogen and oxygen atoms in total. The lowest BCUT2D eigenvalue weighted by Gasteiger charge is -2.03. The van der Waals surface area contributed by atoms with Crippen LogP contribution in [0.2, 0.25) is 5.02 Å². The van der Waals surface area contributed by atoms with Gasteiger partial charge in [0.2, 0.25) is 0 Å². The van der Waals surface area contributed by atoms with Crippen molar-refractivity contribution in [2.75, 3.05) is 0 Å². The first-order chi connectivity index (χ1) is 8.95. The zero-order chi connectivity index (χ0) is 14.0. The molecule has 0 spiro atoms. The lowest BCUT2D eigenvalue weighted by atomic mass is 10.1. The monoisotopic (exact) mass is 279 g/mol. The van der Waals surface area contributed by atoms with Gasteiger partial charge >= 0.3 is 5.63 Å². The molecule has 0 saturated carbocycles. The van der Waals surface area contributed by atoms with Gasteiger partial charge in [-0.25, -0.2) is 9.78 Å². The van der Waals surface area contributed by atoms with E-state index in [0.717, 1.165) is 0 Å². The molecular weight excluding hydrogens is 266 g/mol. The molecule has 1 N–H and O–H groups in total. The first-order valence-electron chi connectivity index (χ1n) is 5.95. The van der Waals surface area contributed by atoms with E-state index in [9.17, 15) is 9.90 Å². The first-order valence-corrected chi connectivity index (χ1v) is 6.33. The summed E-state index contributed by atoms with van der Waals surface area (Å²) in [5.74, 6) is 0.398. The molecule has 2 aromatic rings. The van der Waals surface area contributed by atoms with Crippen molar-refractivity contribution in [3.63, 3.8) is 0 Å². The molecule has 0 radical (unpaired) electrons. The van der Waals surface area contributed by atoms with Gasteiger partial charge < -0.3 is 9.52 Å². The molecular formula is C14H14ClNO3. The number of aromatic nitrogens is 1. The summed E-state index contributed by atoms with van der Waals surface area (Å²) in [4.78, 5) is 15.9. The third-order valence-electron chi connectivity index (χ3n) is 2.49. The minimum atomic E-state index is -0.579. The Bertz CT molecular complexity index is 689. The van der Waals surface area contributed by atoms with E-state index in [2.05, 4.69) is 4.98 Å². The molecule has 1 heterocycles. The number of allylic oxidation sites excluding steroid dienone is 1. The Morgan fingerprint density at radius 3 is 2.95 bits per heavy atom. The Labute approximate surface area is 115 Å². The molecule has 0 aliphatic carbocycles. The summed E-state index contributed by atoms with van der Waals surface area (Å²) in [6, 6.07) is 4.82. The van der Waals surface area contributed by atoms with Crippen molar-refractivity contribution in [2.45, 2.75) is 20.3 Å². The van der Waals surface area contributed by atoms with E-state index in [4.69, 9.17) is 16.0 Å². The van der Waals surface area contributed by atoms with Crippen LogP contribution in [-0.4, -0.2) is 10.1 Å². The number of aliphatic hydroxyl groups excluding tert-OH is 1. The highest BCUT2D eigenvalue weighted by Gasteiger charge is 2.07. The molecule has 1 aromatic carbocycles. The smallest absolute Gasteiger partial charge is 0.362 e. The fourth-order valence-corrected chi connectivity index (χ4v) is 1.88. The number of nitrogens with zero attached hydrogens (tertiary/aromatic N) is 1. The van der Waals surface area contributed by atoms with Gasteiger partial charge in [0, 0.05) is 17.5 Å². The van der Waals surface area contributed by atoms with Gasteiger partial charge in [-0.05, 0) is 24.1 Å². The number of halogens is 1. The molecule has 2 rings (SSSR count). The molecule has 0 aliphatic rings. The highest BCUT2D eigenvalue weighted by atomic mass is 35.5. The second-order valence-electron chi connectivity index (χ2n) is 4.73. The second kappa shape index (κ2) is 5.45. The zero-order valence-corrected chi connectivity index (χ0v) is 11.4. The van der Waals surface area contributed by atoms with Crippen LogP contribution in [0.25, 0.3) is 17.2 Å². The van der Waals surface area contributed by atoms with Crippen LogP contribution in [0.3, 0.4) is 0 Å². The third kappa shape index (κ3) is 3.35. The highest BCUT2D eigenvalue weighted by molar-refractivity contribution is 6.31. The van der Waals surface area contributed by atoms with Gasteiger partial charge in [-0.3, -0.25) is 0 Å². The molecule has 0 fully saturated rings. The van der Waals surface area contributed by atoms with E-state index in [1.807, 2.05) is 13.8 Å². The van der Waals surface area contributed by atoms with Gasteiger partial charge in [-0.1, -0.05) is 25.4 Å². The van der Waals surface area contributed by atoms with Gasteiger partial charge in [0.05, 0.1) is 5.76 Å². The molecule has 0 unspecified atom stereocenters. The SMILES string of the molecule is CC(C)C/C(O)=C/c1nc2cc(Cl)ccc2oc1=O. The van der Waals surface area contributed by atoms with Crippen LogP contribution in [0.4, 0.5) is 0 Å². The number of hydrogen-bond acceptors (Lipinski definition) is 4. The van der Waals surface area contributed by atoms with Gasteiger partial charge in [0.25, 0.3) is 0 Å². The summed E-state index contributed by atoms with van der Waals surface area (Å²) in [7, 11) is 0. The van der Waals surface area contributed by atoms with Crippen molar-refractivity contribution in [1.82, 2.24) is 4.98 Å². The molecule has 0 aliphatic heterocycles. The predicted molar refractivity (Wildman–Crippen MR) is 75.3 cm³/mol. The zero-order valence-electron chi connectivity index (χ0n) is 10.7. The Kier molecular flexibility index (Phi) is 3.90. The summed E-state index contributed by atoms with van der Waals surface area (Å²) in [6.07, 6.45) is 1.82. The Morgan fingerprint density at radius 1 is 1.53 bits per heavy atom. The Morgan fingerprint density at radius 2 is 2.26 bits per heavy atom. The second-order valence-corrected chi connectivity index (χ2v) is 5.17. The van der Waals surface area contributed by atoms with Crippen LogP contribution in [-0.2, 0) is 0 Å². The standard InChI is InChI=1S/C14H14ClNO3/c1-8(2)5-10(17)7-12-14(18)19-13-4-3-9(15)6-11(13)16-12/h3-4,6-8,17H,5H2,1-2H3/b10-7-. The molecule has 0 atom stereocenters. The van der Waals surface area contributed by atoms with Crippen LogP contribution in [0, 0.1) is 5.92 Å². The van der Waals surface area contributed by atoms with E-state index >= 15 is 0 Å². The average Bonchev–Trinajstić information content (AvgIpc) is 2.29. The van der Waals surface area contributed by atoms with Crippen LogP contribution in [0.15, 0.2) is 33.2 Å². The maximum Gasteiger partial charge on any atom is 0.362 e. The van der Waals surface area contributed by atoms with Crippen molar-refractivity contribution in [3.8, 4) is 0 Å². The van der Waals surface area contributed by atoms with Crippen LogP contribution in [0.1, 0.15) is 26.0 Å². The maximum absolute atomic E-state index is 11.7. The van der Waals surface area contributed by atoms with Crippen LogP contribution < -0.4 is 5.63 Å². The van der Waals surface area contributed by atoms with E-state index < -0.39 is 5.63 Å². The normalized spacial score (nSPS) is 12.3. The molecule has 0 amide bonds. The van der Waals surface area contributed by atoms with Crippen molar-refractivity contribution in [3.05, 3.63) is 45.1 Å². The first kappa shape index (κ1) is 13.6. The third-order valence-corrected chi connectivity index (χ3v) is 2.73. The number of benzene rings is 1. The number of fused-ring (bicyclic) bond motifs is 1. The summed E-state index contributed by atoms with van der Waals surface area (Å²) < 4.78 is 5.12. The number of aliphatic hydroxyl groups is 1. The van der Waals surface area contributed by atoms with Crippen molar-refractivity contribution in [2.24, 2.45) is 5.92 Å². The Hall–Kier alpha value is -1.81. The van der Waals surface area contributed by atoms with Gasteiger partial charge in [-0.15, -0.1) is 0 Å². The van der Waals surface area contributed by atoms with Crippen molar-refractivity contribution < 1.29 is 9.52 Å². The minimum Gasteiger partial charge on any atom is -0.512 e. The highest BCUT2D eigenvalue weighted by Crippen LogP contribution is 2.17. The average molecular weight is 280 g/mol. The van der Waals surface area contributed by atoms with E-state index in [1.165, 1.54) is 6.08 Å². The van der Waals surface area contributed by atoms with Crippen molar-refractivity contribution >= 4 is 28.8 Å². The summed E-state index contributed by atoms with van der Waals surface area (Å²) >= 11 is 5.86. The topological polar surface area (TPSA) is 63.3 Å². The largest absolute Gasteiger partial charge is 0.512 e. The van der Waals surface area contributed by atoms with E-state index in [-0.39, 0.29) is 17.4 Å². The van der Waals surface area contributed by atoms with Gasteiger partial charge in [0.15, 0.2) is 11.3 Å². The lowest BCUT2D eigenvalue weighted by molar-refractivity contribution is 0.370. The molecule has 100 valence electrons. The lowest BCUT2D eigenvalue weighted by Crippen LogP contribution is -2.07. The fourth-order valence-electron chi connectivity index (χ4n) is 1.72. The summed E-state index contributed by atoms with van der Waals surface area (Å²) in [6.45, 7) is 3.94. The summed E-state index contributed by atoms with van der Waals surface area (Å²) in [5, 5.41) is 10.2. The number of hydrogen-bond donors (Lipinski definition) is 1. The summed E-state index contributed by atoms with van der Waals surface area (Å²) in [5.41, 5.74) is 0.351. The van der Waals surface area contributed by atoms with Crippen LogP contribution >= 0.6 is 11.6 Å². The molecule has 19 heavy (non-hydrogen) atoms. The fraction of sp³-hybridized carbons (Fsp3) is 0.286. The van der Waals surface area contributed by atoms with Gasteiger partial charge in [-0.2, -0.15) is 0 Å². The van der Waals surface area contributed by atoms with E-state index in [0.29, 0.717) is 22.5 Å². The van der Waals surface area contributed by atoms with E-state index in [1.54, 1.807) is 18.2 Å².